The number of unbranched alkanes of at least 4 members (excludes halogenated alkanes) is 1. The predicted molar refractivity (Wildman–Crippen MR) is 189 cm³/mol. The van der Waals surface area contributed by atoms with Crippen molar-refractivity contribution in [2.75, 3.05) is 71.1 Å². The van der Waals surface area contributed by atoms with E-state index in [-0.39, 0.29) is 43.9 Å². The van der Waals surface area contributed by atoms with Crippen LogP contribution < -0.4 is 38.1 Å². The maximum absolute atomic E-state index is 13.2. The zero-order chi connectivity index (χ0) is 37.0. The lowest BCUT2D eigenvalue weighted by atomic mass is 10.0. The molecule has 0 radical (unpaired) electrons. The molecule has 0 saturated heterocycles. The molecule has 16 heteroatoms. The van der Waals surface area contributed by atoms with Gasteiger partial charge >= 0.3 is 6.09 Å². The van der Waals surface area contributed by atoms with Gasteiger partial charge in [0.1, 0.15) is 18.7 Å². The Morgan fingerprint density at radius 1 is 0.720 bits per heavy atom. The van der Waals surface area contributed by atoms with Gasteiger partial charge in [0.2, 0.25) is 23.6 Å². The van der Waals surface area contributed by atoms with Gasteiger partial charge in [0.25, 0.3) is 0 Å². The van der Waals surface area contributed by atoms with Crippen LogP contribution in [0.3, 0.4) is 0 Å². The molecule has 0 heterocycles. The summed E-state index contributed by atoms with van der Waals surface area (Å²) < 4.78 is 21.2. The second-order valence-electron chi connectivity index (χ2n) is 11.8. The normalized spacial score (nSPS) is 12.1. The summed E-state index contributed by atoms with van der Waals surface area (Å²) in [7, 11) is 0. The smallest absolute Gasteiger partial charge is 0.407 e. The highest BCUT2D eigenvalue weighted by Crippen LogP contribution is 2.13. The number of alkyl carbamates (subject to hydrolysis) is 1. The Morgan fingerprint density at radius 3 is 1.98 bits per heavy atom. The molecule has 0 saturated carbocycles. The molecule has 1 aromatic rings. The summed E-state index contributed by atoms with van der Waals surface area (Å²) in [5.74, 6) is -1.58. The van der Waals surface area contributed by atoms with Gasteiger partial charge in [-0.2, -0.15) is 0 Å². The van der Waals surface area contributed by atoms with Crippen molar-refractivity contribution in [2.24, 2.45) is 17.4 Å². The van der Waals surface area contributed by atoms with Gasteiger partial charge in [-0.3, -0.25) is 19.2 Å². The van der Waals surface area contributed by atoms with Gasteiger partial charge in [0, 0.05) is 38.2 Å². The van der Waals surface area contributed by atoms with Crippen LogP contribution >= 0.6 is 0 Å². The van der Waals surface area contributed by atoms with Gasteiger partial charge in [-0.1, -0.05) is 39.3 Å². The third kappa shape index (κ3) is 21.3. The van der Waals surface area contributed by atoms with Crippen molar-refractivity contribution in [3.8, 4) is 0 Å². The lowest BCUT2D eigenvalue weighted by molar-refractivity contribution is -0.132. The number of rotatable bonds is 28. The van der Waals surface area contributed by atoms with Crippen molar-refractivity contribution in [3.05, 3.63) is 29.8 Å². The molecule has 2 unspecified atom stereocenters. The molecule has 0 aromatic heterocycles. The van der Waals surface area contributed by atoms with Crippen molar-refractivity contribution in [1.29, 1.82) is 0 Å². The number of carbonyl (C=O) groups excluding carboxylic acids is 5. The number of benzene rings is 1. The molecule has 2 atom stereocenters. The number of ether oxygens (including phenoxy) is 4. The zero-order valence-electron chi connectivity index (χ0n) is 29.9. The van der Waals surface area contributed by atoms with E-state index in [1.165, 1.54) is 0 Å². The monoisotopic (exact) mass is 709 g/mol. The van der Waals surface area contributed by atoms with Crippen LogP contribution in [-0.2, 0) is 44.7 Å². The van der Waals surface area contributed by atoms with E-state index in [2.05, 4.69) is 26.6 Å². The number of amides is 5. The standard InChI is InChI=1S/C34H59N7O9/c1-4-5-8-29(42)37-16-17-38-34(46)50-24-26-9-11-27(12-10-26)39-32(44)28(7-6-14-35)40-33(45)31(25(2)3)41-30(43)13-18-47-20-22-49-23-21-48-19-15-36/h9-12,25,28,31H,4-8,13-24,35-36H2,1-3H3,(H,37,42)(H,38,46)(H,39,44)(H,40,45)(H,41,43). The zero-order valence-corrected chi connectivity index (χ0v) is 29.9. The van der Waals surface area contributed by atoms with E-state index < -0.39 is 30.0 Å². The van der Waals surface area contributed by atoms with Gasteiger partial charge < -0.3 is 57.0 Å². The molecule has 5 amide bonds. The summed E-state index contributed by atoms with van der Waals surface area (Å²) >= 11 is 0. The van der Waals surface area contributed by atoms with Crippen molar-refractivity contribution in [3.63, 3.8) is 0 Å². The number of hydrogen-bond donors (Lipinski definition) is 7. The molecule has 1 aromatic carbocycles. The Morgan fingerprint density at radius 2 is 1.36 bits per heavy atom. The average Bonchev–Trinajstić information content (AvgIpc) is 3.10. The lowest BCUT2D eigenvalue weighted by Crippen LogP contribution is -2.54. The van der Waals surface area contributed by atoms with E-state index in [0.29, 0.717) is 83.2 Å². The third-order valence-corrected chi connectivity index (χ3v) is 7.14. The Bertz CT molecular complexity index is 1120. The maximum atomic E-state index is 13.2. The molecule has 0 aliphatic rings. The molecule has 0 bridgehead atoms. The molecular weight excluding hydrogens is 650 g/mol. The summed E-state index contributed by atoms with van der Waals surface area (Å²) in [6.07, 6.45) is 2.44. The van der Waals surface area contributed by atoms with E-state index in [4.69, 9.17) is 30.4 Å². The molecule has 0 spiro atoms. The van der Waals surface area contributed by atoms with Gasteiger partial charge in [-0.25, -0.2) is 4.79 Å². The Kier molecular flexibility index (Phi) is 24.7. The first-order valence-electron chi connectivity index (χ1n) is 17.4. The fraction of sp³-hybridized carbons (Fsp3) is 0.676. The van der Waals surface area contributed by atoms with E-state index in [1.807, 2.05) is 6.92 Å². The molecule has 0 aliphatic carbocycles. The number of hydrogen-bond acceptors (Lipinski definition) is 11. The molecule has 16 nitrogen and oxygen atoms in total. The molecule has 0 fully saturated rings. The van der Waals surface area contributed by atoms with Crippen LogP contribution in [0.15, 0.2) is 24.3 Å². The number of nitrogens with two attached hydrogens (primary N) is 2. The second kappa shape index (κ2) is 27.9. The highest BCUT2D eigenvalue weighted by molar-refractivity contribution is 5.98. The number of carbonyl (C=O) groups is 5. The number of nitrogens with one attached hydrogen (secondary N) is 5. The third-order valence-electron chi connectivity index (χ3n) is 7.14. The Balaban J connectivity index is 2.53. The average molecular weight is 710 g/mol. The second-order valence-corrected chi connectivity index (χ2v) is 11.8. The lowest BCUT2D eigenvalue weighted by Gasteiger charge is -2.25. The van der Waals surface area contributed by atoms with Gasteiger partial charge in [-0.05, 0) is 49.4 Å². The van der Waals surface area contributed by atoms with Crippen LogP contribution in [0.2, 0.25) is 0 Å². The van der Waals surface area contributed by atoms with E-state index >= 15 is 0 Å². The number of anilines is 1. The first-order valence-corrected chi connectivity index (χ1v) is 17.4. The molecule has 284 valence electrons. The van der Waals surface area contributed by atoms with E-state index in [1.54, 1.807) is 38.1 Å². The molecule has 50 heavy (non-hydrogen) atoms. The van der Waals surface area contributed by atoms with Crippen molar-refractivity contribution in [2.45, 2.75) is 78.0 Å². The summed E-state index contributed by atoms with van der Waals surface area (Å²) in [5, 5.41) is 13.6. The first-order chi connectivity index (χ1) is 24.1. The van der Waals surface area contributed by atoms with E-state index in [0.717, 1.165) is 12.8 Å². The van der Waals surface area contributed by atoms with Crippen molar-refractivity contribution in [1.82, 2.24) is 21.3 Å². The summed E-state index contributed by atoms with van der Waals surface area (Å²) in [4.78, 5) is 62.6. The maximum Gasteiger partial charge on any atom is 0.407 e. The minimum Gasteiger partial charge on any atom is -0.445 e. The van der Waals surface area contributed by atoms with Crippen molar-refractivity contribution < 1.29 is 42.9 Å². The van der Waals surface area contributed by atoms with Crippen LogP contribution in [-0.4, -0.2) is 108 Å². The summed E-state index contributed by atoms with van der Waals surface area (Å²) in [5.41, 5.74) is 12.2. The molecule has 9 N–H and O–H groups in total. The Hall–Kier alpha value is -3.83. The van der Waals surface area contributed by atoms with Gasteiger partial charge in [0.15, 0.2) is 0 Å². The van der Waals surface area contributed by atoms with E-state index in [9.17, 15) is 24.0 Å². The summed E-state index contributed by atoms with van der Waals surface area (Å²) in [6, 6.07) is 4.96. The first kappa shape index (κ1) is 44.2. The molecular formula is C34H59N7O9. The van der Waals surface area contributed by atoms with Crippen LogP contribution in [0.4, 0.5) is 10.5 Å². The topological polar surface area (TPSA) is 234 Å². The quantitative estimate of drug-likeness (QED) is 0.0605. The van der Waals surface area contributed by atoms with Gasteiger partial charge in [-0.15, -0.1) is 0 Å². The fourth-order valence-corrected chi connectivity index (χ4v) is 4.33. The van der Waals surface area contributed by atoms with Crippen LogP contribution in [0, 0.1) is 5.92 Å². The minimum atomic E-state index is -0.892. The van der Waals surface area contributed by atoms with Crippen LogP contribution in [0.1, 0.15) is 64.9 Å². The molecule has 0 aliphatic heterocycles. The molecule has 1 rings (SSSR count). The largest absolute Gasteiger partial charge is 0.445 e. The highest BCUT2D eigenvalue weighted by Gasteiger charge is 2.28. The highest BCUT2D eigenvalue weighted by atomic mass is 16.6. The van der Waals surface area contributed by atoms with Crippen LogP contribution in [0.5, 0.6) is 0 Å². The van der Waals surface area contributed by atoms with Crippen molar-refractivity contribution >= 4 is 35.4 Å². The van der Waals surface area contributed by atoms with Gasteiger partial charge in [0.05, 0.1) is 39.6 Å². The fourth-order valence-electron chi connectivity index (χ4n) is 4.33. The summed E-state index contributed by atoms with van der Waals surface area (Å²) in [6.45, 7) is 9.13. The minimum absolute atomic E-state index is 0.00670. The van der Waals surface area contributed by atoms with Crippen LogP contribution in [0.25, 0.3) is 0 Å². The predicted octanol–water partition coefficient (Wildman–Crippen LogP) is 0.921. The Labute approximate surface area is 295 Å². The SMILES string of the molecule is CCCCC(=O)NCCNC(=O)OCc1ccc(NC(=O)C(CCCN)NC(=O)C(NC(=O)CCOCCOCCOCCN)C(C)C)cc1.